The van der Waals surface area contributed by atoms with Gasteiger partial charge in [-0.1, -0.05) is 0 Å². The number of nitrogens with two attached hydrogens (primary N) is 1. The van der Waals surface area contributed by atoms with Crippen molar-refractivity contribution in [2.75, 3.05) is 12.8 Å². The Morgan fingerprint density at radius 3 is 2.87 bits per heavy atom. The van der Waals surface area contributed by atoms with Crippen molar-refractivity contribution in [1.29, 1.82) is 0 Å². The van der Waals surface area contributed by atoms with Gasteiger partial charge in [0.05, 0.1) is 23.8 Å². The number of nitrogens with zero attached hydrogens (tertiary/aromatic N) is 4. The third kappa shape index (κ3) is 3.15. The molecule has 0 unspecified atom stereocenters. The van der Waals surface area contributed by atoms with Gasteiger partial charge in [-0.15, -0.1) is 0 Å². The maximum atomic E-state index is 11.6. The lowest BCUT2D eigenvalue weighted by atomic mass is 10.1. The van der Waals surface area contributed by atoms with E-state index < -0.39 is 22.3 Å². The molecule has 0 fully saturated rings. The van der Waals surface area contributed by atoms with Gasteiger partial charge in [0.25, 0.3) is 5.91 Å². The third-order valence-corrected chi connectivity index (χ3v) is 2.63. The highest BCUT2D eigenvalue weighted by molar-refractivity contribution is 5.97. The lowest BCUT2D eigenvalue weighted by molar-refractivity contribution is -0.386. The van der Waals surface area contributed by atoms with Crippen molar-refractivity contribution in [2.45, 2.75) is 0 Å². The normalized spacial score (nSPS) is 10.7. The molecule has 1 aromatic heterocycles. The van der Waals surface area contributed by atoms with Gasteiger partial charge >= 0.3 is 5.69 Å². The number of phenols is 1. The highest BCUT2D eigenvalue weighted by atomic mass is 16.6. The summed E-state index contributed by atoms with van der Waals surface area (Å²) in [6, 6.07) is 2.42. The van der Waals surface area contributed by atoms with E-state index in [0.29, 0.717) is 0 Å². The molecule has 0 radical (unpaired) electrons. The SMILES string of the molecule is COc1c(O)ccc(/C=N\NC(=O)c2nonc2N)c1[N+](=O)[O-]. The minimum absolute atomic E-state index is 0.00352. The fourth-order valence-corrected chi connectivity index (χ4v) is 1.64. The number of anilines is 1. The maximum Gasteiger partial charge on any atom is 0.323 e. The van der Waals surface area contributed by atoms with Crippen LogP contribution in [0.25, 0.3) is 0 Å². The molecule has 0 saturated heterocycles. The van der Waals surface area contributed by atoms with Crippen LogP contribution in [0.3, 0.4) is 0 Å². The molecule has 12 heteroatoms. The molecule has 0 saturated carbocycles. The molecular weight excluding hydrogens is 312 g/mol. The number of nitro benzene ring substituents is 1. The molecule has 1 aromatic carbocycles. The predicted octanol–water partition coefficient (Wildman–Crippen LogP) is 0.0381. The standard InChI is InChI=1S/C11H10N6O6/c1-22-9-6(18)3-2-5(8(9)17(20)21)4-13-14-11(19)7-10(12)16-23-15-7/h2-4,18H,1H3,(H2,12,16)(H,14,19)/b13-4-. The summed E-state index contributed by atoms with van der Waals surface area (Å²) in [6.45, 7) is 0. The van der Waals surface area contributed by atoms with Gasteiger partial charge in [-0.2, -0.15) is 5.10 Å². The van der Waals surface area contributed by atoms with Gasteiger partial charge in [-0.05, 0) is 22.4 Å². The number of aromatic hydroxyl groups is 1. The fourth-order valence-electron chi connectivity index (χ4n) is 1.64. The first-order chi connectivity index (χ1) is 11.0. The summed E-state index contributed by atoms with van der Waals surface area (Å²) in [7, 11) is 1.17. The van der Waals surface area contributed by atoms with Crippen LogP contribution in [-0.2, 0) is 0 Å². The maximum absolute atomic E-state index is 11.6. The van der Waals surface area contributed by atoms with Crippen LogP contribution in [0.5, 0.6) is 11.5 Å². The molecule has 23 heavy (non-hydrogen) atoms. The van der Waals surface area contributed by atoms with Gasteiger partial charge < -0.3 is 15.6 Å². The number of nitro groups is 1. The van der Waals surface area contributed by atoms with E-state index in [9.17, 15) is 20.0 Å². The topological polar surface area (TPSA) is 179 Å². The number of rotatable bonds is 5. The molecule has 1 heterocycles. The van der Waals surface area contributed by atoms with Gasteiger partial charge in [0, 0.05) is 0 Å². The van der Waals surface area contributed by atoms with E-state index in [0.717, 1.165) is 6.21 Å². The van der Waals surface area contributed by atoms with Crippen molar-refractivity contribution in [3.63, 3.8) is 0 Å². The number of aromatic nitrogens is 2. The number of hydrogen-bond acceptors (Lipinski definition) is 10. The number of benzene rings is 1. The molecule has 1 amide bonds. The molecule has 0 aliphatic rings. The van der Waals surface area contributed by atoms with Crippen LogP contribution in [0.4, 0.5) is 11.5 Å². The Labute approximate surface area is 127 Å². The average Bonchev–Trinajstić information content (AvgIpc) is 2.94. The van der Waals surface area contributed by atoms with Crippen LogP contribution in [-0.4, -0.2) is 39.6 Å². The van der Waals surface area contributed by atoms with E-state index in [1.54, 1.807) is 0 Å². The Morgan fingerprint density at radius 1 is 1.57 bits per heavy atom. The zero-order valence-corrected chi connectivity index (χ0v) is 11.6. The number of amides is 1. The minimum atomic E-state index is -0.812. The van der Waals surface area contributed by atoms with Gasteiger partial charge in [0.1, 0.15) is 0 Å². The number of carbonyl (C=O) groups excluding carboxylic acids is 1. The third-order valence-electron chi connectivity index (χ3n) is 2.63. The molecule has 0 aliphatic carbocycles. The van der Waals surface area contributed by atoms with E-state index in [2.05, 4.69) is 25.5 Å². The first kappa shape index (κ1) is 15.7. The van der Waals surface area contributed by atoms with Crippen LogP contribution < -0.4 is 15.9 Å². The summed E-state index contributed by atoms with van der Waals surface area (Å²) in [4.78, 5) is 22.0. The van der Waals surface area contributed by atoms with E-state index in [-0.39, 0.29) is 22.8 Å². The monoisotopic (exact) mass is 322 g/mol. The summed E-state index contributed by atoms with van der Waals surface area (Å²) >= 11 is 0. The Bertz CT molecular complexity index is 785. The second-order valence-electron chi connectivity index (χ2n) is 4.01. The Hall–Kier alpha value is -3.70. The van der Waals surface area contributed by atoms with Crippen LogP contribution in [0.1, 0.15) is 16.1 Å². The molecule has 0 atom stereocenters. The fraction of sp³-hybridized carbons (Fsp3) is 0.0909. The molecule has 2 rings (SSSR count). The van der Waals surface area contributed by atoms with E-state index in [1.165, 1.54) is 19.2 Å². The van der Waals surface area contributed by atoms with Crippen molar-refractivity contribution < 1.29 is 24.2 Å². The highest BCUT2D eigenvalue weighted by Gasteiger charge is 2.23. The quantitative estimate of drug-likeness (QED) is 0.389. The predicted molar refractivity (Wildman–Crippen MR) is 75.1 cm³/mol. The Balaban J connectivity index is 2.25. The van der Waals surface area contributed by atoms with Gasteiger partial charge in [0.2, 0.25) is 17.3 Å². The Kier molecular flexibility index (Phi) is 4.35. The molecule has 0 bridgehead atoms. The summed E-state index contributed by atoms with van der Waals surface area (Å²) < 4.78 is 9.05. The van der Waals surface area contributed by atoms with Gasteiger partial charge in [-0.25, -0.2) is 10.1 Å². The van der Waals surface area contributed by atoms with Crippen LogP contribution in [0.2, 0.25) is 0 Å². The van der Waals surface area contributed by atoms with Gasteiger partial charge in [-0.3, -0.25) is 14.9 Å². The smallest absolute Gasteiger partial charge is 0.323 e. The lowest BCUT2D eigenvalue weighted by Gasteiger charge is -2.05. The van der Waals surface area contributed by atoms with E-state index >= 15 is 0 Å². The number of hydrazone groups is 1. The second-order valence-corrected chi connectivity index (χ2v) is 4.01. The number of nitrogens with one attached hydrogen (secondary N) is 1. The Morgan fingerprint density at radius 2 is 2.30 bits per heavy atom. The zero-order valence-electron chi connectivity index (χ0n) is 11.6. The van der Waals surface area contributed by atoms with Gasteiger partial charge in [0.15, 0.2) is 5.75 Å². The number of hydrogen-bond donors (Lipinski definition) is 3. The van der Waals surface area contributed by atoms with Crippen molar-refractivity contribution >= 4 is 23.6 Å². The first-order valence-electron chi connectivity index (χ1n) is 5.91. The minimum Gasteiger partial charge on any atom is -0.504 e. The second kappa shape index (κ2) is 6.38. The number of methoxy groups -OCH3 is 1. The van der Waals surface area contributed by atoms with Crippen LogP contribution >= 0.6 is 0 Å². The number of carbonyl (C=O) groups is 1. The number of ether oxygens (including phenoxy) is 1. The number of phenolic OH excluding ortho intramolecular Hbond substituents is 1. The van der Waals surface area contributed by atoms with Crippen molar-refractivity contribution in [1.82, 2.24) is 15.7 Å². The van der Waals surface area contributed by atoms with Crippen molar-refractivity contribution in [2.24, 2.45) is 5.10 Å². The molecule has 0 aliphatic heterocycles. The first-order valence-corrected chi connectivity index (χ1v) is 5.91. The summed E-state index contributed by atoms with van der Waals surface area (Å²) in [5.74, 6) is -1.76. The summed E-state index contributed by atoms with van der Waals surface area (Å²) in [6.07, 6.45) is 1.00. The van der Waals surface area contributed by atoms with E-state index in [1.807, 2.05) is 0 Å². The molecule has 120 valence electrons. The largest absolute Gasteiger partial charge is 0.504 e. The molecule has 12 nitrogen and oxygen atoms in total. The van der Waals surface area contributed by atoms with Crippen LogP contribution in [0.15, 0.2) is 21.9 Å². The van der Waals surface area contributed by atoms with Crippen molar-refractivity contribution in [3.05, 3.63) is 33.5 Å². The highest BCUT2D eigenvalue weighted by Crippen LogP contribution is 2.37. The molecule has 4 N–H and O–H groups in total. The zero-order chi connectivity index (χ0) is 17.0. The van der Waals surface area contributed by atoms with E-state index in [4.69, 9.17) is 10.5 Å². The number of nitrogen functional groups attached to an aromatic ring is 1. The molecular formula is C11H10N6O6. The van der Waals surface area contributed by atoms with Crippen LogP contribution in [0, 0.1) is 10.1 Å². The molecule has 2 aromatic rings. The molecule has 0 spiro atoms. The van der Waals surface area contributed by atoms with Crippen molar-refractivity contribution in [3.8, 4) is 11.5 Å². The summed E-state index contributed by atoms with van der Waals surface area (Å²) in [5, 5.41) is 30.7. The summed E-state index contributed by atoms with van der Waals surface area (Å²) in [5.41, 5.74) is 6.60. The average molecular weight is 322 g/mol. The lowest BCUT2D eigenvalue weighted by Crippen LogP contribution is -2.19.